The zero-order valence-corrected chi connectivity index (χ0v) is 10.2. The van der Waals surface area contributed by atoms with Gasteiger partial charge in [-0.1, -0.05) is 42.0 Å². The van der Waals surface area contributed by atoms with Gasteiger partial charge in [-0.25, -0.2) is 0 Å². The molecule has 0 saturated carbocycles. The van der Waals surface area contributed by atoms with Crippen molar-refractivity contribution in [2.75, 3.05) is 5.32 Å². The first-order valence-electron chi connectivity index (χ1n) is 5.83. The Morgan fingerprint density at radius 2 is 1.94 bits per heavy atom. The highest BCUT2D eigenvalue weighted by Gasteiger charge is 2.29. The van der Waals surface area contributed by atoms with Crippen LogP contribution in [0.2, 0.25) is 0 Å². The van der Waals surface area contributed by atoms with Gasteiger partial charge in [-0.3, -0.25) is 4.79 Å². The average Bonchev–Trinajstić information content (AvgIpc) is 2.33. The first kappa shape index (κ1) is 11.6. The van der Waals surface area contributed by atoms with Crippen LogP contribution in [-0.2, 0) is 4.79 Å². The lowest BCUT2D eigenvalue weighted by atomic mass is 9.83. The van der Waals surface area contributed by atoms with Crippen LogP contribution in [0.3, 0.4) is 0 Å². The standard InChI is InChI=1S/C15H17NO/c1-12-6-8-13(9-7-12)16-14(17)15(2)10-4-3-5-11-15/h3-10H,11H2,1-2H3,(H,16,17). The summed E-state index contributed by atoms with van der Waals surface area (Å²) >= 11 is 0. The number of rotatable bonds is 2. The number of benzene rings is 1. The minimum Gasteiger partial charge on any atom is -0.325 e. The molecule has 1 unspecified atom stereocenters. The van der Waals surface area contributed by atoms with Gasteiger partial charge in [-0.15, -0.1) is 0 Å². The molecule has 1 atom stereocenters. The molecule has 1 aromatic carbocycles. The number of carbonyl (C=O) groups excluding carboxylic acids is 1. The molecule has 0 heterocycles. The maximum absolute atomic E-state index is 12.2. The molecule has 0 saturated heterocycles. The average molecular weight is 227 g/mol. The van der Waals surface area contributed by atoms with Crippen molar-refractivity contribution < 1.29 is 4.79 Å². The van der Waals surface area contributed by atoms with Crippen LogP contribution in [0.5, 0.6) is 0 Å². The Morgan fingerprint density at radius 3 is 2.53 bits per heavy atom. The first-order valence-corrected chi connectivity index (χ1v) is 5.83. The molecule has 2 heteroatoms. The van der Waals surface area contributed by atoms with E-state index < -0.39 is 5.41 Å². The molecular weight excluding hydrogens is 210 g/mol. The third-order valence-electron chi connectivity index (χ3n) is 3.08. The number of aryl methyl sites for hydroxylation is 1. The number of amides is 1. The van der Waals surface area contributed by atoms with Crippen LogP contribution in [0.25, 0.3) is 0 Å². The van der Waals surface area contributed by atoms with Gasteiger partial charge in [-0.05, 0) is 32.4 Å². The fourth-order valence-electron chi connectivity index (χ4n) is 1.81. The predicted molar refractivity (Wildman–Crippen MR) is 70.8 cm³/mol. The molecule has 0 spiro atoms. The van der Waals surface area contributed by atoms with Crippen molar-refractivity contribution in [3.63, 3.8) is 0 Å². The summed E-state index contributed by atoms with van der Waals surface area (Å²) in [5.74, 6) is 0.0435. The van der Waals surface area contributed by atoms with Crippen LogP contribution in [0.15, 0.2) is 48.6 Å². The van der Waals surface area contributed by atoms with E-state index in [0.29, 0.717) is 0 Å². The van der Waals surface area contributed by atoms with Gasteiger partial charge >= 0.3 is 0 Å². The molecule has 0 aliphatic heterocycles. The van der Waals surface area contributed by atoms with E-state index in [9.17, 15) is 4.79 Å². The molecule has 88 valence electrons. The van der Waals surface area contributed by atoms with Crippen molar-refractivity contribution >= 4 is 11.6 Å². The minimum absolute atomic E-state index is 0.0435. The Bertz CT molecular complexity index is 470. The zero-order valence-electron chi connectivity index (χ0n) is 10.2. The van der Waals surface area contributed by atoms with E-state index in [2.05, 4.69) is 5.32 Å². The highest BCUT2D eigenvalue weighted by Crippen LogP contribution is 2.28. The Labute approximate surface area is 102 Å². The van der Waals surface area contributed by atoms with Crippen molar-refractivity contribution in [3.05, 3.63) is 54.1 Å². The van der Waals surface area contributed by atoms with Crippen LogP contribution in [-0.4, -0.2) is 5.91 Å². The summed E-state index contributed by atoms with van der Waals surface area (Å²) in [6.45, 7) is 3.98. The fourth-order valence-corrected chi connectivity index (χ4v) is 1.81. The lowest BCUT2D eigenvalue weighted by Crippen LogP contribution is -2.32. The Kier molecular flexibility index (Phi) is 3.14. The van der Waals surface area contributed by atoms with Gasteiger partial charge in [0.15, 0.2) is 0 Å². The summed E-state index contributed by atoms with van der Waals surface area (Å²) in [5, 5.41) is 2.96. The van der Waals surface area contributed by atoms with E-state index in [1.807, 2.05) is 62.4 Å². The number of carbonyl (C=O) groups is 1. The SMILES string of the molecule is Cc1ccc(NC(=O)C2(C)C=CC=CC2)cc1. The van der Waals surface area contributed by atoms with Crippen LogP contribution in [0.4, 0.5) is 5.69 Å². The van der Waals surface area contributed by atoms with Gasteiger partial charge in [0, 0.05) is 5.69 Å². The summed E-state index contributed by atoms with van der Waals surface area (Å²) in [6, 6.07) is 7.85. The molecule has 0 radical (unpaired) electrons. The van der Waals surface area contributed by atoms with Gasteiger partial charge in [0.25, 0.3) is 0 Å². The van der Waals surface area contributed by atoms with Crippen LogP contribution < -0.4 is 5.32 Å². The van der Waals surface area contributed by atoms with E-state index in [0.717, 1.165) is 12.1 Å². The number of hydrogen-bond acceptors (Lipinski definition) is 1. The second kappa shape index (κ2) is 4.58. The summed E-state index contributed by atoms with van der Waals surface area (Å²) in [4.78, 5) is 12.2. The van der Waals surface area contributed by atoms with Crippen molar-refractivity contribution in [1.29, 1.82) is 0 Å². The van der Waals surface area contributed by atoms with Crippen molar-refractivity contribution in [1.82, 2.24) is 0 Å². The molecule has 1 amide bonds. The van der Waals surface area contributed by atoms with E-state index in [1.165, 1.54) is 5.56 Å². The van der Waals surface area contributed by atoms with Gasteiger partial charge in [0.1, 0.15) is 0 Å². The van der Waals surface area contributed by atoms with Crippen LogP contribution in [0, 0.1) is 12.3 Å². The lowest BCUT2D eigenvalue weighted by Gasteiger charge is -2.25. The van der Waals surface area contributed by atoms with Crippen LogP contribution >= 0.6 is 0 Å². The molecule has 2 nitrogen and oxygen atoms in total. The summed E-state index contributed by atoms with van der Waals surface area (Å²) < 4.78 is 0. The second-order valence-electron chi connectivity index (χ2n) is 4.73. The van der Waals surface area contributed by atoms with E-state index in [-0.39, 0.29) is 5.91 Å². The van der Waals surface area contributed by atoms with Crippen molar-refractivity contribution in [2.45, 2.75) is 20.3 Å². The quantitative estimate of drug-likeness (QED) is 0.823. The molecule has 0 aromatic heterocycles. The smallest absolute Gasteiger partial charge is 0.234 e. The van der Waals surface area contributed by atoms with Crippen molar-refractivity contribution in [3.8, 4) is 0 Å². The van der Waals surface area contributed by atoms with Gasteiger partial charge in [0.05, 0.1) is 5.41 Å². The molecule has 1 aliphatic rings. The van der Waals surface area contributed by atoms with Gasteiger partial charge in [-0.2, -0.15) is 0 Å². The Morgan fingerprint density at radius 1 is 1.24 bits per heavy atom. The molecule has 0 fully saturated rings. The van der Waals surface area contributed by atoms with Gasteiger partial charge in [0.2, 0.25) is 5.91 Å². The van der Waals surface area contributed by atoms with E-state index in [1.54, 1.807) is 0 Å². The highest BCUT2D eigenvalue weighted by molar-refractivity contribution is 5.96. The maximum Gasteiger partial charge on any atom is 0.234 e. The predicted octanol–water partition coefficient (Wildman–Crippen LogP) is 3.46. The second-order valence-corrected chi connectivity index (χ2v) is 4.73. The first-order chi connectivity index (χ1) is 8.10. The molecule has 17 heavy (non-hydrogen) atoms. The fraction of sp³-hybridized carbons (Fsp3) is 0.267. The van der Waals surface area contributed by atoms with E-state index in [4.69, 9.17) is 0 Å². The van der Waals surface area contributed by atoms with E-state index >= 15 is 0 Å². The highest BCUT2D eigenvalue weighted by atomic mass is 16.2. The number of anilines is 1. The summed E-state index contributed by atoms with van der Waals surface area (Å²) in [5.41, 5.74) is 1.61. The zero-order chi connectivity index (χ0) is 12.3. The molecule has 1 aliphatic carbocycles. The number of hydrogen-bond donors (Lipinski definition) is 1. The monoisotopic (exact) mass is 227 g/mol. The third-order valence-corrected chi connectivity index (χ3v) is 3.08. The number of nitrogens with one attached hydrogen (secondary N) is 1. The van der Waals surface area contributed by atoms with Gasteiger partial charge < -0.3 is 5.32 Å². The molecule has 1 N–H and O–H groups in total. The molecule has 1 aromatic rings. The normalized spacial score (nSPS) is 22.5. The molecular formula is C15H17NO. The largest absolute Gasteiger partial charge is 0.325 e. The number of allylic oxidation sites excluding steroid dienone is 3. The summed E-state index contributed by atoms with van der Waals surface area (Å²) in [7, 11) is 0. The molecule has 2 rings (SSSR count). The summed E-state index contributed by atoms with van der Waals surface area (Å²) in [6.07, 6.45) is 8.63. The Balaban J connectivity index is 2.09. The minimum atomic E-state index is -0.431. The Hall–Kier alpha value is -1.83. The van der Waals surface area contributed by atoms with Crippen molar-refractivity contribution in [2.24, 2.45) is 5.41 Å². The topological polar surface area (TPSA) is 29.1 Å². The third kappa shape index (κ3) is 2.64. The lowest BCUT2D eigenvalue weighted by molar-refractivity contribution is -0.122. The maximum atomic E-state index is 12.2. The van der Waals surface area contributed by atoms with Crippen LogP contribution in [0.1, 0.15) is 18.9 Å². The molecule has 0 bridgehead atoms.